The fraction of sp³-hybridized carbons (Fsp3) is 0.333. The summed E-state index contributed by atoms with van der Waals surface area (Å²) < 4.78 is 9.42. The van der Waals surface area contributed by atoms with E-state index in [2.05, 4.69) is 124 Å². The Morgan fingerprint density at radius 2 is 1.16 bits per heavy atom. The highest BCUT2D eigenvalue weighted by Crippen LogP contribution is 2.42. The van der Waals surface area contributed by atoms with E-state index in [0.29, 0.717) is 0 Å². The van der Waals surface area contributed by atoms with Crippen molar-refractivity contribution in [3.63, 3.8) is 0 Å². The van der Waals surface area contributed by atoms with Gasteiger partial charge in [-0.25, -0.2) is 0 Å². The largest absolute Gasteiger partial charge is 0.354 e. The monoisotopic (exact) mass is 536 g/mol. The van der Waals surface area contributed by atoms with E-state index in [4.69, 9.17) is 4.74 Å². The van der Waals surface area contributed by atoms with Crippen molar-refractivity contribution in [2.24, 2.45) is 5.92 Å². The number of hydrogen-bond donors (Lipinski definition) is 0. The summed E-state index contributed by atoms with van der Waals surface area (Å²) in [5, 5.41) is 0. The van der Waals surface area contributed by atoms with Gasteiger partial charge in [0.2, 0.25) is 0 Å². The van der Waals surface area contributed by atoms with Crippen molar-refractivity contribution < 1.29 is 4.74 Å². The topological polar surface area (TPSA) is 9.23 Å². The zero-order valence-corrected chi connectivity index (χ0v) is 20.9. The molecule has 1 atom stereocenters. The highest BCUT2D eigenvalue weighted by Gasteiger charge is 2.39. The van der Waals surface area contributed by atoms with Gasteiger partial charge in [-0.1, -0.05) is 152 Å². The molecular weight excluding hydrogens is 503 g/mol. The molecule has 0 N–H and O–H groups in total. The molecule has 1 saturated carbocycles. The summed E-state index contributed by atoms with van der Waals surface area (Å²) >= 11 is 2.34. The average Bonchev–Trinajstić information content (AvgIpc) is 3.13. The lowest BCUT2D eigenvalue weighted by Crippen LogP contribution is -2.37. The maximum atomic E-state index is 7.29. The fourth-order valence-electron chi connectivity index (χ4n) is 5.13. The molecule has 1 aliphatic carbocycles. The SMILES string of the molecule is I/C=C/C(CC1CCCCCC1)OC(c1ccccc1)(c1ccccc1)c1ccccc1. The molecule has 1 unspecified atom stereocenters. The average molecular weight is 536 g/mol. The Morgan fingerprint density at radius 3 is 1.56 bits per heavy atom. The molecule has 1 fully saturated rings. The summed E-state index contributed by atoms with van der Waals surface area (Å²) in [5.41, 5.74) is 2.86. The van der Waals surface area contributed by atoms with Gasteiger partial charge >= 0.3 is 0 Å². The van der Waals surface area contributed by atoms with Crippen LogP contribution < -0.4 is 0 Å². The Bertz CT molecular complexity index is 847. The molecule has 4 rings (SSSR count). The first-order chi connectivity index (χ1) is 15.8. The van der Waals surface area contributed by atoms with Crippen molar-refractivity contribution in [2.45, 2.75) is 56.7 Å². The molecule has 0 aliphatic heterocycles. The highest BCUT2D eigenvalue weighted by molar-refractivity contribution is 14.1. The molecule has 32 heavy (non-hydrogen) atoms. The van der Waals surface area contributed by atoms with Crippen LogP contribution in [-0.4, -0.2) is 6.10 Å². The first-order valence-electron chi connectivity index (χ1n) is 11.9. The fourth-order valence-corrected chi connectivity index (χ4v) is 5.59. The van der Waals surface area contributed by atoms with Crippen molar-refractivity contribution in [1.29, 1.82) is 0 Å². The molecular formula is C30H33IO. The first kappa shape index (κ1) is 23.3. The minimum Gasteiger partial charge on any atom is -0.354 e. The maximum absolute atomic E-state index is 7.29. The molecule has 0 aromatic heterocycles. The standard InChI is InChI=1S/C30H33IO/c31-23-22-29(24-25-14-6-1-2-7-15-25)32-30(26-16-8-3-9-17-26,27-18-10-4-11-19-27)28-20-12-5-13-21-28/h3-5,8-13,16-23,25,29H,1-2,6-7,14-15,24H2/b23-22+. The molecule has 0 heterocycles. The van der Waals surface area contributed by atoms with Crippen molar-refractivity contribution >= 4 is 22.6 Å². The smallest absolute Gasteiger partial charge is 0.144 e. The molecule has 3 aromatic rings. The predicted molar refractivity (Wildman–Crippen MR) is 143 cm³/mol. The molecule has 0 saturated heterocycles. The van der Waals surface area contributed by atoms with Crippen LogP contribution in [0.5, 0.6) is 0 Å². The van der Waals surface area contributed by atoms with Crippen molar-refractivity contribution in [1.82, 2.24) is 0 Å². The van der Waals surface area contributed by atoms with E-state index in [1.807, 2.05) is 0 Å². The third-order valence-electron chi connectivity index (χ3n) is 6.70. The highest BCUT2D eigenvalue weighted by atomic mass is 127. The van der Waals surface area contributed by atoms with E-state index in [0.717, 1.165) is 12.3 Å². The van der Waals surface area contributed by atoms with Gasteiger partial charge in [-0.3, -0.25) is 0 Å². The summed E-state index contributed by atoms with van der Waals surface area (Å²) in [4.78, 5) is 0. The van der Waals surface area contributed by atoms with Crippen molar-refractivity contribution in [3.8, 4) is 0 Å². The summed E-state index contributed by atoms with van der Waals surface area (Å²) in [6.07, 6.45) is 11.5. The normalized spacial score (nSPS) is 16.7. The molecule has 0 radical (unpaired) electrons. The van der Waals surface area contributed by atoms with Crippen LogP contribution in [-0.2, 0) is 10.3 Å². The molecule has 1 nitrogen and oxygen atoms in total. The Labute approximate surface area is 207 Å². The number of benzene rings is 3. The van der Waals surface area contributed by atoms with Crippen LogP contribution in [0.1, 0.15) is 61.6 Å². The van der Waals surface area contributed by atoms with E-state index in [-0.39, 0.29) is 6.10 Å². The van der Waals surface area contributed by atoms with Gasteiger partial charge in [-0.2, -0.15) is 0 Å². The number of halogens is 1. The Hall–Kier alpha value is -1.91. The van der Waals surface area contributed by atoms with Crippen LogP contribution in [0.3, 0.4) is 0 Å². The van der Waals surface area contributed by atoms with Crippen LogP contribution in [0.2, 0.25) is 0 Å². The van der Waals surface area contributed by atoms with Gasteiger partial charge in [0, 0.05) is 0 Å². The minimum atomic E-state index is -0.657. The molecule has 0 spiro atoms. The van der Waals surface area contributed by atoms with Gasteiger partial charge in [-0.05, 0) is 39.2 Å². The first-order valence-corrected chi connectivity index (χ1v) is 13.2. The van der Waals surface area contributed by atoms with Gasteiger partial charge in [-0.15, -0.1) is 0 Å². The zero-order valence-electron chi connectivity index (χ0n) is 18.7. The summed E-state index contributed by atoms with van der Waals surface area (Å²) in [6.45, 7) is 0. The van der Waals surface area contributed by atoms with Crippen LogP contribution in [0.4, 0.5) is 0 Å². The van der Waals surface area contributed by atoms with E-state index in [1.165, 1.54) is 55.2 Å². The summed E-state index contributed by atoms with van der Waals surface area (Å²) in [7, 11) is 0. The lowest BCUT2D eigenvalue weighted by molar-refractivity contribution is -0.0347. The molecule has 166 valence electrons. The van der Waals surface area contributed by atoms with Gasteiger partial charge in [0.25, 0.3) is 0 Å². The van der Waals surface area contributed by atoms with Crippen LogP contribution in [0.15, 0.2) is 101 Å². The Kier molecular flexibility index (Phi) is 8.58. The van der Waals surface area contributed by atoms with Crippen LogP contribution in [0.25, 0.3) is 0 Å². The summed E-state index contributed by atoms with van der Waals surface area (Å²) in [6, 6.07) is 32.2. The number of hydrogen-bond acceptors (Lipinski definition) is 1. The quantitative estimate of drug-likeness (QED) is 0.159. The maximum Gasteiger partial charge on any atom is 0.144 e. The molecule has 1 aliphatic rings. The van der Waals surface area contributed by atoms with E-state index < -0.39 is 5.60 Å². The number of ether oxygens (including phenoxy) is 1. The Balaban J connectivity index is 1.80. The van der Waals surface area contributed by atoms with Crippen molar-refractivity contribution in [3.05, 3.63) is 118 Å². The van der Waals surface area contributed by atoms with E-state index in [1.54, 1.807) is 0 Å². The number of rotatable bonds is 8. The van der Waals surface area contributed by atoms with Gasteiger partial charge in [0.1, 0.15) is 5.60 Å². The van der Waals surface area contributed by atoms with E-state index in [9.17, 15) is 0 Å². The third-order valence-corrected chi connectivity index (χ3v) is 7.11. The lowest BCUT2D eigenvalue weighted by atomic mass is 9.79. The van der Waals surface area contributed by atoms with Gasteiger partial charge < -0.3 is 4.74 Å². The lowest BCUT2D eigenvalue weighted by Gasteiger charge is -2.39. The second-order valence-electron chi connectivity index (χ2n) is 8.85. The molecule has 0 bridgehead atoms. The van der Waals surface area contributed by atoms with Crippen LogP contribution >= 0.6 is 22.6 Å². The third kappa shape index (κ3) is 5.52. The van der Waals surface area contributed by atoms with E-state index >= 15 is 0 Å². The Morgan fingerprint density at radius 1 is 0.719 bits per heavy atom. The minimum absolute atomic E-state index is 0.0515. The van der Waals surface area contributed by atoms with Gasteiger partial charge in [0.15, 0.2) is 0 Å². The molecule has 0 amide bonds. The van der Waals surface area contributed by atoms with Crippen molar-refractivity contribution in [2.75, 3.05) is 0 Å². The molecule has 2 heteroatoms. The summed E-state index contributed by atoms with van der Waals surface area (Å²) in [5.74, 6) is 0.732. The predicted octanol–water partition coefficient (Wildman–Crippen LogP) is 8.67. The molecule has 3 aromatic carbocycles. The van der Waals surface area contributed by atoms with Crippen LogP contribution in [0, 0.1) is 5.92 Å². The second kappa shape index (κ2) is 11.8. The van der Waals surface area contributed by atoms with Gasteiger partial charge in [0.05, 0.1) is 6.10 Å². The zero-order chi connectivity index (χ0) is 22.1. The second-order valence-corrected chi connectivity index (χ2v) is 9.57.